The molecule has 0 spiro atoms. The van der Waals surface area contributed by atoms with E-state index in [1.165, 1.54) is 18.3 Å². The van der Waals surface area contributed by atoms with Gasteiger partial charge in [-0.05, 0) is 54.1 Å². The van der Waals surface area contributed by atoms with E-state index in [0.717, 1.165) is 17.7 Å². The number of ether oxygens (including phenoxy) is 1. The SMILES string of the molecule is O=C(CCC(=O)Nc1cccc(C(F)(F)F)c1)NN=Cc1ccc(OCc2ccccc2Cl)cc1. The quantitative estimate of drug-likeness (QED) is 0.286. The molecule has 0 atom stereocenters. The third-order valence-corrected chi connectivity index (χ3v) is 5.06. The number of alkyl halides is 3. The maximum atomic E-state index is 12.7. The highest BCUT2D eigenvalue weighted by molar-refractivity contribution is 6.31. The summed E-state index contributed by atoms with van der Waals surface area (Å²) in [7, 11) is 0. The standard InChI is InChI=1S/C25H21ClF3N3O3/c26-22-7-2-1-4-18(22)16-35-21-10-8-17(9-11-21)15-30-32-24(34)13-12-23(33)31-20-6-3-5-19(14-20)25(27,28)29/h1-11,14-15H,12-13,16H2,(H,31,33)(H,32,34). The zero-order chi connectivity index (χ0) is 25.3. The number of hydrogen-bond donors (Lipinski definition) is 2. The van der Waals surface area contributed by atoms with Gasteiger partial charge in [-0.25, -0.2) is 5.43 Å². The highest BCUT2D eigenvalue weighted by atomic mass is 35.5. The Kier molecular flexibility index (Phi) is 8.86. The van der Waals surface area contributed by atoms with Gasteiger partial charge >= 0.3 is 6.18 Å². The number of anilines is 1. The fourth-order valence-corrected chi connectivity index (χ4v) is 3.08. The average molecular weight is 504 g/mol. The van der Waals surface area contributed by atoms with E-state index in [9.17, 15) is 22.8 Å². The predicted octanol–water partition coefficient (Wildman–Crippen LogP) is 5.81. The molecule has 3 rings (SSSR count). The van der Waals surface area contributed by atoms with Gasteiger partial charge in [0, 0.05) is 29.1 Å². The van der Waals surface area contributed by atoms with Crippen LogP contribution in [-0.4, -0.2) is 18.0 Å². The van der Waals surface area contributed by atoms with Gasteiger partial charge in [0.25, 0.3) is 0 Å². The lowest BCUT2D eigenvalue weighted by Crippen LogP contribution is -2.20. The first-order chi connectivity index (χ1) is 16.7. The summed E-state index contributed by atoms with van der Waals surface area (Å²) in [6, 6.07) is 18.6. The van der Waals surface area contributed by atoms with Crippen molar-refractivity contribution >= 4 is 35.3 Å². The molecule has 3 aromatic carbocycles. The van der Waals surface area contributed by atoms with Crippen molar-refractivity contribution in [3.8, 4) is 5.75 Å². The molecule has 6 nitrogen and oxygen atoms in total. The van der Waals surface area contributed by atoms with Crippen LogP contribution in [0.3, 0.4) is 0 Å². The van der Waals surface area contributed by atoms with Crippen molar-refractivity contribution in [2.24, 2.45) is 5.10 Å². The Balaban J connectivity index is 1.40. The number of rotatable bonds is 9. The number of halogens is 4. The summed E-state index contributed by atoms with van der Waals surface area (Å²) in [5.41, 5.74) is 3.01. The molecule has 0 aromatic heterocycles. The third-order valence-electron chi connectivity index (χ3n) is 4.69. The molecule has 0 saturated heterocycles. The Labute approximate surface area is 204 Å². The van der Waals surface area contributed by atoms with Crippen LogP contribution in [0.25, 0.3) is 0 Å². The average Bonchev–Trinajstić information content (AvgIpc) is 2.83. The van der Waals surface area contributed by atoms with Crippen LogP contribution in [0, 0.1) is 0 Å². The normalized spacial score (nSPS) is 11.3. The molecule has 10 heteroatoms. The van der Waals surface area contributed by atoms with Gasteiger partial charge in [0.15, 0.2) is 0 Å². The largest absolute Gasteiger partial charge is 0.489 e. The second-order valence-electron chi connectivity index (χ2n) is 7.37. The molecular formula is C25H21ClF3N3O3. The van der Waals surface area contributed by atoms with Crippen molar-refractivity contribution in [3.63, 3.8) is 0 Å². The number of nitrogens with zero attached hydrogens (tertiary/aromatic N) is 1. The lowest BCUT2D eigenvalue weighted by Gasteiger charge is -2.09. The Morgan fingerprint density at radius 2 is 1.66 bits per heavy atom. The molecule has 0 bridgehead atoms. The Morgan fingerprint density at radius 3 is 2.37 bits per heavy atom. The van der Waals surface area contributed by atoms with Crippen molar-refractivity contribution in [1.82, 2.24) is 5.43 Å². The van der Waals surface area contributed by atoms with Gasteiger partial charge in [0.2, 0.25) is 11.8 Å². The zero-order valence-corrected chi connectivity index (χ0v) is 19.1. The summed E-state index contributed by atoms with van der Waals surface area (Å²) in [4.78, 5) is 23.8. The topological polar surface area (TPSA) is 79.8 Å². The molecule has 0 aliphatic heterocycles. The maximum absolute atomic E-state index is 12.7. The molecule has 0 saturated carbocycles. The summed E-state index contributed by atoms with van der Waals surface area (Å²) in [6.07, 6.45) is -3.48. The van der Waals surface area contributed by atoms with Gasteiger partial charge in [-0.2, -0.15) is 18.3 Å². The van der Waals surface area contributed by atoms with Crippen LogP contribution in [-0.2, 0) is 22.4 Å². The van der Waals surface area contributed by atoms with Crippen LogP contribution in [0.15, 0.2) is 77.9 Å². The third kappa shape index (κ3) is 8.46. The van der Waals surface area contributed by atoms with Crippen molar-refractivity contribution in [1.29, 1.82) is 0 Å². The first-order valence-electron chi connectivity index (χ1n) is 10.5. The molecule has 0 fully saturated rings. The minimum Gasteiger partial charge on any atom is -0.489 e. The minimum atomic E-state index is -4.51. The second kappa shape index (κ2) is 12.0. The minimum absolute atomic E-state index is 0.00236. The number of amides is 2. The Morgan fingerprint density at radius 1 is 0.943 bits per heavy atom. The van der Waals surface area contributed by atoms with E-state index in [1.807, 2.05) is 18.2 Å². The van der Waals surface area contributed by atoms with Crippen LogP contribution >= 0.6 is 11.6 Å². The molecule has 0 radical (unpaired) electrons. The molecule has 0 heterocycles. The van der Waals surface area contributed by atoms with Crippen LogP contribution in [0.1, 0.15) is 29.5 Å². The van der Waals surface area contributed by atoms with E-state index < -0.39 is 23.6 Å². The number of nitrogens with one attached hydrogen (secondary N) is 2. The highest BCUT2D eigenvalue weighted by Gasteiger charge is 2.30. The van der Waals surface area contributed by atoms with Gasteiger partial charge in [-0.15, -0.1) is 0 Å². The fourth-order valence-electron chi connectivity index (χ4n) is 2.89. The predicted molar refractivity (Wildman–Crippen MR) is 127 cm³/mol. The van der Waals surface area contributed by atoms with Gasteiger partial charge in [-0.3, -0.25) is 9.59 Å². The summed E-state index contributed by atoms with van der Waals surface area (Å²) in [5.74, 6) is -0.464. The Bertz CT molecular complexity index is 1200. The molecule has 35 heavy (non-hydrogen) atoms. The zero-order valence-electron chi connectivity index (χ0n) is 18.3. The number of carbonyl (C=O) groups is 2. The summed E-state index contributed by atoms with van der Waals surface area (Å²) in [6.45, 7) is 0.324. The Hall–Kier alpha value is -3.85. The fraction of sp³-hybridized carbons (Fsp3) is 0.160. The number of benzene rings is 3. The summed E-state index contributed by atoms with van der Waals surface area (Å²) in [5, 5.41) is 6.81. The van der Waals surface area contributed by atoms with E-state index in [1.54, 1.807) is 30.3 Å². The lowest BCUT2D eigenvalue weighted by molar-refractivity contribution is -0.137. The molecule has 2 amide bonds. The van der Waals surface area contributed by atoms with Crippen LogP contribution in [0.5, 0.6) is 5.75 Å². The van der Waals surface area contributed by atoms with E-state index in [2.05, 4.69) is 15.8 Å². The molecule has 0 aliphatic rings. The smallest absolute Gasteiger partial charge is 0.416 e. The van der Waals surface area contributed by atoms with Crippen molar-refractivity contribution < 1.29 is 27.5 Å². The summed E-state index contributed by atoms with van der Waals surface area (Å²) < 4.78 is 43.9. The van der Waals surface area contributed by atoms with Gasteiger partial charge in [-0.1, -0.05) is 35.9 Å². The number of hydrogen-bond acceptors (Lipinski definition) is 4. The highest BCUT2D eigenvalue weighted by Crippen LogP contribution is 2.30. The van der Waals surface area contributed by atoms with E-state index in [4.69, 9.17) is 16.3 Å². The van der Waals surface area contributed by atoms with E-state index in [0.29, 0.717) is 22.9 Å². The molecule has 3 aromatic rings. The lowest BCUT2D eigenvalue weighted by atomic mass is 10.2. The van der Waals surface area contributed by atoms with Crippen LogP contribution in [0.4, 0.5) is 18.9 Å². The molecule has 2 N–H and O–H groups in total. The van der Waals surface area contributed by atoms with Crippen molar-refractivity contribution in [3.05, 3.63) is 94.5 Å². The van der Waals surface area contributed by atoms with E-state index >= 15 is 0 Å². The molecule has 0 aliphatic carbocycles. The van der Waals surface area contributed by atoms with Crippen LogP contribution in [0.2, 0.25) is 5.02 Å². The maximum Gasteiger partial charge on any atom is 0.416 e. The van der Waals surface area contributed by atoms with E-state index in [-0.39, 0.29) is 18.5 Å². The molecule has 0 unspecified atom stereocenters. The first-order valence-corrected chi connectivity index (χ1v) is 10.8. The molecule has 182 valence electrons. The van der Waals surface area contributed by atoms with Crippen molar-refractivity contribution in [2.75, 3.05) is 5.32 Å². The van der Waals surface area contributed by atoms with Gasteiger partial charge < -0.3 is 10.1 Å². The first kappa shape index (κ1) is 25.8. The number of hydrazone groups is 1. The number of carbonyl (C=O) groups excluding carboxylic acids is 2. The molecular weight excluding hydrogens is 483 g/mol. The van der Waals surface area contributed by atoms with Crippen molar-refractivity contribution in [2.45, 2.75) is 25.6 Å². The van der Waals surface area contributed by atoms with Gasteiger partial charge in [0.05, 0.1) is 11.8 Å². The van der Waals surface area contributed by atoms with Gasteiger partial charge in [0.1, 0.15) is 12.4 Å². The van der Waals surface area contributed by atoms with Crippen LogP contribution < -0.4 is 15.5 Å². The monoisotopic (exact) mass is 503 g/mol. The summed E-state index contributed by atoms with van der Waals surface area (Å²) >= 11 is 6.10. The second-order valence-corrected chi connectivity index (χ2v) is 7.78.